The molecular formula is C24H27Cl2N3O2. The van der Waals surface area contributed by atoms with Crippen LogP contribution in [0.3, 0.4) is 0 Å². The second-order valence-electron chi connectivity index (χ2n) is 8.57. The summed E-state index contributed by atoms with van der Waals surface area (Å²) in [4.78, 5) is 27.7. The number of amides is 2. The summed E-state index contributed by atoms with van der Waals surface area (Å²) in [6, 6.07) is 15.2. The Balaban J connectivity index is 1.30. The molecule has 0 aliphatic carbocycles. The summed E-state index contributed by atoms with van der Waals surface area (Å²) in [5.41, 5.74) is 1.71. The largest absolute Gasteiger partial charge is 0.351 e. The van der Waals surface area contributed by atoms with E-state index in [1.54, 1.807) is 31.2 Å². The van der Waals surface area contributed by atoms with Crippen molar-refractivity contribution in [2.24, 2.45) is 0 Å². The molecule has 31 heavy (non-hydrogen) atoms. The topological polar surface area (TPSA) is 61.4 Å². The average Bonchev–Trinajstić information content (AvgIpc) is 2.97. The van der Waals surface area contributed by atoms with Crippen molar-refractivity contribution < 1.29 is 9.59 Å². The lowest BCUT2D eigenvalue weighted by Crippen LogP contribution is -2.53. The minimum atomic E-state index is -0.615. The molecule has 0 spiro atoms. The van der Waals surface area contributed by atoms with Crippen LogP contribution in [0.25, 0.3) is 0 Å². The van der Waals surface area contributed by atoms with E-state index < -0.39 is 6.04 Å². The molecule has 4 rings (SSSR count). The number of nitrogens with zero attached hydrogens (tertiary/aromatic N) is 1. The fourth-order valence-electron chi connectivity index (χ4n) is 4.75. The number of benzene rings is 2. The van der Waals surface area contributed by atoms with Crippen LogP contribution in [0.15, 0.2) is 48.5 Å². The Morgan fingerprint density at radius 2 is 1.71 bits per heavy atom. The number of carbonyl (C=O) groups excluding carboxylic acids is 2. The maximum atomic E-state index is 12.7. The number of fused-ring (bicyclic) bond motifs is 2. The summed E-state index contributed by atoms with van der Waals surface area (Å²) in [5.74, 6) is -0.450. The van der Waals surface area contributed by atoms with E-state index in [1.165, 1.54) is 5.56 Å². The zero-order chi connectivity index (χ0) is 22.0. The first-order chi connectivity index (χ1) is 14.9. The van der Waals surface area contributed by atoms with Gasteiger partial charge in [-0.15, -0.1) is 0 Å². The van der Waals surface area contributed by atoms with Crippen molar-refractivity contribution >= 4 is 35.0 Å². The molecule has 1 unspecified atom stereocenters. The highest BCUT2D eigenvalue weighted by molar-refractivity contribution is 6.31. The second-order valence-corrected chi connectivity index (χ2v) is 9.44. The standard InChI is InChI=1S/C24H27Cl2N3O2/c1-15(27-24(31)17-3-2-4-19(26)11-17)23(30)28-20-12-21-9-10-22(13-20)29(21)14-16-5-7-18(25)8-6-16/h2-8,11,15,20-22H,9-10,12-14H2,1H3,(H,27,31)(H,28,30)/t15-,20?,21-,22+/m0/s1. The normalized spacial score (nSPS) is 23.9. The molecule has 2 heterocycles. The Morgan fingerprint density at radius 1 is 1.03 bits per heavy atom. The molecule has 0 aromatic heterocycles. The molecular weight excluding hydrogens is 433 g/mol. The van der Waals surface area contributed by atoms with E-state index in [2.05, 4.69) is 27.7 Å². The number of rotatable bonds is 6. The first-order valence-corrected chi connectivity index (χ1v) is 11.5. The van der Waals surface area contributed by atoms with Crippen LogP contribution in [-0.2, 0) is 11.3 Å². The van der Waals surface area contributed by atoms with E-state index in [9.17, 15) is 9.59 Å². The van der Waals surface area contributed by atoms with Gasteiger partial charge in [-0.3, -0.25) is 14.5 Å². The van der Waals surface area contributed by atoms with Crippen molar-refractivity contribution in [2.45, 2.75) is 63.3 Å². The van der Waals surface area contributed by atoms with Crippen molar-refractivity contribution in [1.82, 2.24) is 15.5 Å². The zero-order valence-electron chi connectivity index (χ0n) is 17.5. The van der Waals surface area contributed by atoms with Crippen molar-refractivity contribution in [3.8, 4) is 0 Å². The number of hydrogen-bond donors (Lipinski definition) is 2. The Labute approximate surface area is 193 Å². The van der Waals surface area contributed by atoms with Gasteiger partial charge in [-0.2, -0.15) is 0 Å². The Kier molecular flexibility index (Phi) is 6.85. The van der Waals surface area contributed by atoms with Gasteiger partial charge >= 0.3 is 0 Å². The summed E-state index contributed by atoms with van der Waals surface area (Å²) in [6.45, 7) is 2.63. The van der Waals surface area contributed by atoms with E-state index in [1.807, 2.05) is 12.1 Å². The Bertz CT molecular complexity index is 936. The van der Waals surface area contributed by atoms with Crippen molar-refractivity contribution in [2.75, 3.05) is 0 Å². The molecule has 2 fully saturated rings. The van der Waals surface area contributed by atoms with Gasteiger partial charge < -0.3 is 10.6 Å². The first-order valence-electron chi connectivity index (χ1n) is 10.8. The number of halogens is 2. The number of hydrogen-bond acceptors (Lipinski definition) is 3. The molecule has 0 radical (unpaired) electrons. The molecule has 0 saturated carbocycles. The van der Waals surface area contributed by atoms with Crippen LogP contribution in [0.1, 0.15) is 48.5 Å². The number of nitrogens with one attached hydrogen (secondary N) is 2. The molecule has 7 heteroatoms. The third-order valence-corrected chi connectivity index (χ3v) is 6.82. The summed E-state index contributed by atoms with van der Waals surface area (Å²) in [7, 11) is 0. The summed E-state index contributed by atoms with van der Waals surface area (Å²) in [5, 5.41) is 7.17. The Hall–Kier alpha value is -2.08. The van der Waals surface area contributed by atoms with Gasteiger partial charge in [-0.25, -0.2) is 0 Å². The molecule has 4 atom stereocenters. The van der Waals surface area contributed by atoms with Crippen molar-refractivity contribution in [3.63, 3.8) is 0 Å². The fraction of sp³-hybridized carbons (Fsp3) is 0.417. The van der Waals surface area contributed by atoms with Crippen LogP contribution >= 0.6 is 23.2 Å². The number of piperidine rings is 1. The quantitative estimate of drug-likeness (QED) is 0.671. The summed E-state index contributed by atoms with van der Waals surface area (Å²) < 4.78 is 0. The highest BCUT2D eigenvalue weighted by Crippen LogP contribution is 2.37. The Morgan fingerprint density at radius 3 is 2.35 bits per heavy atom. The monoisotopic (exact) mass is 459 g/mol. The van der Waals surface area contributed by atoms with Crippen LogP contribution in [0.2, 0.25) is 10.0 Å². The fourth-order valence-corrected chi connectivity index (χ4v) is 5.07. The highest BCUT2D eigenvalue weighted by atomic mass is 35.5. The van der Waals surface area contributed by atoms with E-state index in [-0.39, 0.29) is 17.9 Å². The highest BCUT2D eigenvalue weighted by Gasteiger charge is 2.41. The summed E-state index contributed by atoms with van der Waals surface area (Å²) >= 11 is 12.0. The lowest BCUT2D eigenvalue weighted by atomic mass is 9.96. The van der Waals surface area contributed by atoms with Gasteiger partial charge in [-0.05, 0) is 68.5 Å². The van der Waals surface area contributed by atoms with Gasteiger partial charge in [0.05, 0.1) is 0 Å². The van der Waals surface area contributed by atoms with E-state index >= 15 is 0 Å². The van der Waals surface area contributed by atoms with E-state index in [4.69, 9.17) is 23.2 Å². The predicted molar refractivity (Wildman–Crippen MR) is 123 cm³/mol. The van der Waals surface area contributed by atoms with Crippen LogP contribution in [0.5, 0.6) is 0 Å². The van der Waals surface area contributed by atoms with Gasteiger partial charge in [0.15, 0.2) is 0 Å². The maximum Gasteiger partial charge on any atom is 0.251 e. The number of carbonyl (C=O) groups is 2. The lowest BCUT2D eigenvalue weighted by molar-refractivity contribution is -0.123. The average molecular weight is 460 g/mol. The van der Waals surface area contributed by atoms with Gasteiger partial charge in [-0.1, -0.05) is 41.4 Å². The van der Waals surface area contributed by atoms with Crippen LogP contribution in [0, 0.1) is 0 Å². The summed E-state index contributed by atoms with van der Waals surface area (Å²) in [6.07, 6.45) is 4.19. The molecule has 2 aromatic rings. The maximum absolute atomic E-state index is 12.7. The minimum absolute atomic E-state index is 0.136. The predicted octanol–water partition coefficient (Wildman–Crippen LogP) is 4.42. The molecule has 5 nitrogen and oxygen atoms in total. The molecule has 164 valence electrons. The molecule has 2 aromatic carbocycles. The van der Waals surface area contributed by atoms with Gasteiger partial charge in [0.25, 0.3) is 5.91 Å². The molecule has 2 N–H and O–H groups in total. The van der Waals surface area contributed by atoms with Gasteiger partial charge in [0.2, 0.25) is 5.91 Å². The lowest BCUT2D eigenvalue weighted by Gasteiger charge is -2.39. The molecule has 2 bridgehead atoms. The molecule has 2 aliphatic heterocycles. The van der Waals surface area contributed by atoms with Crippen LogP contribution < -0.4 is 10.6 Å². The van der Waals surface area contributed by atoms with Gasteiger partial charge in [0.1, 0.15) is 6.04 Å². The van der Waals surface area contributed by atoms with Crippen LogP contribution in [0.4, 0.5) is 0 Å². The SMILES string of the molecule is C[C@H](NC(=O)c1cccc(Cl)c1)C(=O)NC1C[C@H]2CC[C@@H](C1)N2Cc1ccc(Cl)cc1. The zero-order valence-corrected chi connectivity index (χ0v) is 19.0. The van der Waals surface area contributed by atoms with Crippen molar-refractivity contribution in [3.05, 3.63) is 69.7 Å². The third kappa shape index (κ3) is 5.40. The van der Waals surface area contributed by atoms with Crippen molar-refractivity contribution in [1.29, 1.82) is 0 Å². The third-order valence-electron chi connectivity index (χ3n) is 6.34. The van der Waals surface area contributed by atoms with Gasteiger partial charge in [0, 0.05) is 40.3 Å². The molecule has 2 aliphatic rings. The smallest absolute Gasteiger partial charge is 0.251 e. The minimum Gasteiger partial charge on any atom is -0.351 e. The van der Waals surface area contributed by atoms with E-state index in [0.29, 0.717) is 22.7 Å². The first kappa shape index (κ1) is 22.1. The van der Waals surface area contributed by atoms with E-state index in [0.717, 1.165) is 37.3 Å². The molecule has 2 saturated heterocycles. The van der Waals surface area contributed by atoms with Crippen LogP contribution in [-0.4, -0.2) is 40.9 Å². The second kappa shape index (κ2) is 9.60. The molecule has 2 amide bonds.